The van der Waals surface area contributed by atoms with Crippen LogP contribution in [0.1, 0.15) is 15.9 Å². The first-order valence-electron chi connectivity index (χ1n) is 8.32. The fourth-order valence-electron chi connectivity index (χ4n) is 2.81. The van der Waals surface area contributed by atoms with Crippen molar-refractivity contribution in [3.05, 3.63) is 65.9 Å². The summed E-state index contributed by atoms with van der Waals surface area (Å²) in [5.41, 5.74) is 4.74. The van der Waals surface area contributed by atoms with Gasteiger partial charge < -0.3 is 0 Å². The topological polar surface area (TPSA) is 151 Å². The highest BCUT2D eigenvalue weighted by Gasteiger charge is 2.39. The average molecular weight is 443 g/mol. The highest BCUT2D eigenvalue weighted by Crippen LogP contribution is 2.33. The molecule has 3 aromatic rings. The molecule has 0 aliphatic rings. The molecule has 158 valence electrons. The fraction of sp³-hybridized carbons (Fsp3) is 0.0588. The first kappa shape index (κ1) is 21.4. The van der Waals surface area contributed by atoms with E-state index in [1.54, 1.807) is 18.2 Å². The number of hydrazone groups is 1. The molecular weight excluding hydrogens is 425 g/mol. The van der Waals surface area contributed by atoms with Crippen LogP contribution in [0.4, 0.5) is 13.2 Å². The summed E-state index contributed by atoms with van der Waals surface area (Å²) >= 11 is 0. The quantitative estimate of drug-likeness (QED) is 0.103. The molecule has 0 spiro atoms. The van der Waals surface area contributed by atoms with Gasteiger partial charge in [-0.1, -0.05) is 24.3 Å². The van der Waals surface area contributed by atoms with Gasteiger partial charge in [-0.15, -0.1) is 9.07 Å². The minimum atomic E-state index is -4.68. The number of para-hydroxylation sites is 1. The van der Waals surface area contributed by atoms with E-state index < -0.39 is 32.9 Å². The van der Waals surface area contributed by atoms with Crippen LogP contribution in [0.15, 0.2) is 59.6 Å². The zero-order chi connectivity index (χ0) is 22.1. The molecule has 0 bridgehead atoms. The number of nitrogens with zero attached hydrogens (tertiary/aromatic N) is 1. The summed E-state index contributed by atoms with van der Waals surface area (Å²) in [5.74, 6) is 4.42. The Kier molecular flexibility index (Phi) is 5.63. The van der Waals surface area contributed by atoms with Gasteiger partial charge in [0.05, 0.1) is 17.3 Å². The van der Waals surface area contributed by atoms with Crippen LogP contribution in [0.2, 0.25) is 0 Å². The van der Waals surface area contributed by atoms with Crippen LogP contribution in [0.3, 0.4) is 0 Å². The van der Waals surface area contributed by atoms with Crippen molar-refractivity contribution in [3.63, 3.8) is 0 Å². The van der Waals surface area contributed by atoms with Gasteiger partial charge in [-0.3, -0.25) is 5.73 Å². The number of carbonyl (C=O) groups excluding carboxylic acids is 1. The standard InChI is InChI=1S/C17H15F3N6O3S/c18-17(19,20)10-4-3-5-11(8-10)30(28,29)26-9-13(12-6-1-2-7-14(12)26)15(27)23-16(21)24-25-22/h1-9,25H,22H2,(H3-,21,23,24,27,28,29)/p+3. The van der Waals surface area contributed by atoms with Crippen molar-refractivity contribution in [2.75, 3.05) is 0 Å². The third-order valence-corrected chi connectivity index (χ3v) is 5.85. The maximum Gasteiger partial charge on any atom is 0.468 e. The van der Waals surface area contributed by atoms with Gasteiger partial charge in [0.25, 0.3) is 0 Å². The van der Waals surface area contributed by atoms with E-state index in [1.807, 2.05) is 0 Å². The molecule has 0 saturated heterocycles. The van der Waals surface area contributed by atoms with Gasteiger partial charge in [0.15, 0.2) is 0 Å². The SMILES string of the molecule is NN/[NH+]=C(\[NH3+])NC(=O)c1cn([S+](=O)(O)c2cccc(C(F)(F)F)c2)c2ccccc12. The molecule has 1 amide bonds. The Balaban J connectivity index is 2.14. The highest BCUT2D eigenvalue weighted by molar-refractivity contribution is 7.96. The number of alkyl halides is 3. The van der Waals surface area contributed by atoms with Crippen molar-refractivity contribution in [1.29, 1.82) is 0 Å². The van der Waals surface area contributed by atoms with E-state index in [0.717, 1.165) is 28.4 Å². The van der Waals surface area contributed by atoms with Crippen LogP contribution in [0.25, 0.3) is 10.9 Å². The molecule has 3 rings (SSSR count). The Hall–Kier alpha value is -3.26. The van der Waals surface area contributed by atoms with E-state index in [2.05, 4.69) is 21.7 Å². The zero-order valence-electron chi connectivity index (χ0n) is 15.2. The molecule has 0 saturated carbocycles. The monoisotopic (exact) mass is 443 g/mol. The molecule has 0 radical (unpaired) electrons. The van der Waals surface area contributed by atoms with E-state index in [1.165, 1.54) is 6.07 Å². The molecule has 0 fully saturated rings. The van der Waals surface area contributed by atoms with Gasteiger partial charge >= 0.3 is 28.4 Å². The number of hydrogen-bond acceptors (Lipinski definition) is 4. The number of aromatic nitrogens is 1. The van der Waals surface area contributed by atoms with Crippen LogP contribution in [-0.4, -0.2) is 20.4 Å². The lowest BCUT2D eigenvalue weighted by Crippen LogP contribution is -2.96. The van der Waals surface area contributed by atoms with E-state index in [9.17, 15) is 26.7 Å². The van der Waals surface area contributed by atoms with E-state index in [-0.39, 0.29) is 17.0 Å². The summed E-state index contributed by atoms with van der Waals surface area (Å²) in [4.78, 5) is 12.1. The maximum absolute atomic E-state index is 13.2. The highest BCUT2D eigenvalue weighted by atomic mass is 32.3. The predicted octanol–water partition coefficient (Wildman–Crippen LogP) is -0.759. The number of carbonyl (C=O) groups is 1. The number of hydrazine groups is 2. The smallest absolute Gasteiger partial charge is 0.251 e. The Morgan fingerprint density at radius 2 is 1.90 bits per heavy atom. The Morgan fingerprint density at radius 3 is 2.57 bits per heavy atom. The van der Waals surface area contributed by atoms with E-state index in [4.69, 9.17) is 5.84 Å². The third-order valence-electron chi connectivity index (χ3n) is 4.15. The molecule has 1 unspecified atom stereocenters. The normalized spacial score (nSPS) is 14.4. The lowest BCUT2D eigenvalue weighted by molar-refractivity contribution is -0.565. The van der Waals surface area contributed by atoms with E-state index in [0.29, 0.717) is 11.5 Å². The average Bonchev–Trinajstić information content (AvgIpc) is 3.08. The van der Waals surface area contributed by atoms with Crippen molar-refractivity contribution < 1.29 is 37.6 Å². The number of guanidine groups is 1. The molecule has 30 heavy (non-hydrogen) atoms. The second-order valence-electron chi connectivity index (χ2n) is 6.11. The largest absolute Gasteiger partial charge is 0.468 e. The second kappa shape index (κ2) is 7.87. The molecular formula is C17H18F3N6O3S+3. The molecule has 1 atom stereocenters. The lowest BCUT2D eigenvalue weighted by atomic mass is 10.1. The summed E-state index contributed by atoms with van der Waals surface area (Å²) in [5, 5.41) is 5.08. The van der Waals surface area contributed by atoms with Crippen LogP contribution in [-0.2, 0) is 20.8 Å². The van der Waals surface area contributed by atoms with Crippen LogP contribution >= 0.6 is 0 Å². The molecule has 2 aromatic carbocycles. The van der Waals surface area contributed by atoms with Crippen molar-refractivity contribution in [2.45, 2.75) is 11.1 Å². The molecule has 1 heterocycles. The van der Waals surface area contributed by atoms with Crippen molar-refractivity contribution in [3.8, 4) is 0 Å². The molecule has 0 aliphatic carbocycles. The van der Waals surface area contributed by atoms with Crippen LogP contribution in [0.5, 0.6) is 0 Å². The molecule has 13 heteroatoms. The number of benzene rings is 2. The summed E-state index contributed by atoms with van der Waals surface area (Å²) < 4.78 is 64.0. The Labute approximate surface area is 168 Å². The minimum absolute atomic E-state index is 0.0133. The number of quaternary nitrogens is 1. The van der Waals surface area contributed by atoms with Gasteiger partial charge in [0.2, 0.25) is 4.90 Å². The molecule has 0 aliphatic heterocycles. The summed E-state index contributed by atoms with van der Waals surface area (Å²) in [7, 11) is -4.18. The van der Waals surface area contributed by atoms with Crippen LogP contribution < -0.4 is 27.5 Å². The predicted molar refractivity (Wildman–Crippen MR) is 101 cm³/mol. The first-order valence-corrected chi connectivity index (χ1v) is 9.79. The number of nitrogens with one attached hydrogen (secondary N) is 3. The third kappa shape index (κ3) is 4.04. The Morgan fingerprint density at radius 1 is 1.20 bits per heavy atom. The summed E-state index contributed by atoms with van der Waals surface area (Å²) in [6.07, 6.45) is -3.58. The molecule has 1 aromatic heterocycles. The van der Waals surface area contributed by atoms with Gasteiger partial charge in [-0.2, -0.15) is 28.6 Å². The number of amides is 1. The van der Waals surface area contributed by atoms with Crippen molar-refractivity contribution >= 4 is 33.2 Å². The van der Waals surface area contributed by atoms with E-state index >= 15 is 0 Å². The number of fused-ring (bicyclic) bond motifs is 1. The van der Waals surface area contributed by atoms with Gasteiger partial charge in [-0.25, -0.2) is 10.6 Å². The van der Waals surface area contributed by atoms with Crippen molar-refractivity contribution in [2.24, 2.45) is 5.84 Å². The summed E-state index contributed by atoms with van der Waals surface area (Å²) in [6, 6.07) is 9.77. The Bertz CT molecular complexity index is 1190. The molecule has 9 nitrogen and oxygen atoms in total. The van der Waals surface area contributed by atoms with Gasteiger partial charge in [-0.05, 0) is 22.4 Å². The number of hydrogen-bond donors (Lipinski definition) is 6. The van der Waals surface area contributed by atoms with Crippen LogP contribution in [0, 0.1) is 0 Å². The number of rotatable bonds is 4. The van der Waals surface area contributed by atoms with Gasteiger partial charge in [0.1, 0.15) is 5.52 Å². The van der Waals surface area contributed by atoms with Gasteiger partial charge in [0, 0.05) is 11.5 Å². The fourth-order valence-corrected chi connectivity index (χ4v) is 4.25. The number of nitrogens with two attached hydrogens (primary N) is 1. The molecule has 9 N–H and O–H groups in total. The first-order chi connectivity index (χ1) is 14.1. The minimum Gasteiger partial charge on any atom is -0.251 e. The second-order valence-corrected chi connectivity index (χ2v) is 7.97. The lowest BCUT2D eigenvalue weighted by Gasteiger charge is -2.09. The van der Waals surface area contributed by atoms with Crippen molar-refractivity contribution in [1.82, 2.24) is 14.8 Å². The summed E-state index contributed by atoms with van der Waals surface area (Å²) in [6.45, 7) is 0. The maximum atomic E-state index is 13.2. The zero-order valence-corrected chi connectivity index (χ0v) is 16.1. The number of halogens is 3.